The zero-order valence-corrected chi connectivity index (χ0v) is 17.1. The monoisotopic (exact) mass is 486 g/mol. The van der Waals surface area contributed by atoms with E-state index in [-0.39, 0.29) is 35.7 Å². The molecule has 1 unspecified atom stereocenters. The van der Waals surface area contributed by atoms with Gasteiger partial charge < -0.3 is 20.7 Å². The first-order valence-corrected chi connectivity index (χ1v) is 8.50. The van der Waals surface area contributed by atoms with Crippen molar-refractivity contribution in [3.63, 3.8) is 0 Å². The molecule has 1 atom stereocenters. The minimum absolute atomic E-state index is 0. The molecule has 1 saturated heterocycles. The molecule has 5 nitrogen and oxygen atoms in total. The van der Waals surface area contributed by atoms with Crippen molar-refractivity contribution in [1.29, 1.82) is 0 Å². The number of nitrogens with one attached hydrogen (secondary N) is 1. The van der Waals surface area contributed by atoms with Gasteiger partial charge in [-0.05, 0) is 63.5 Å². The van der Waals surface area contributed by atoms with E-state index in [0.29, 0.717) is 18.3 Å². The molecule has 0 radical (unpaired) electrons. The third-order valence-corrected chi connectivity index (χ3v) is 4.20. The number of nitrogens with two attached hydrogens (primary N) is 1. The number of piperidine rings is 1. The van der Waals surface area contributed by atoms with Crippen LogP contribution in [0.5, 0.6) is 5.75 Å². The molecule has 26 heavy (non-hydrogen) atoms. The van der Waals surface area contributed by atoms with E-state index in [9.17, 15) is 13.2 Å². The van der Waals surface area contributed by atoms with Crippen LogP contribution in [0.2, 0.25) is 0 Å². The van der Waals surface area contributed by atoms with Gasteiger partial charge in [0, 0.05) is 18.3 Å². The quantitative estimate of drug-likeness (QED) is 0.360. The predicted octanol–water partition coefficient (Wildman–Crippen LogP) is 4.19. The zero-order chi connectivity index (χ0) is 18.3. The third-order valence-electron chi connectivity index (χ3n) is 4.20. The molecule has 0 aliphatic carbocycles. The molecule has 0 spiro atoms. The average molecular weight is 486 g/mol. The Kier molecular flexibility index (Phi) is 9.48. The van der Waals surface area contributed by atoms with E-state index >= 15 is 0 Å². The first-order chi connectivity index (χ1) is 11.8. The smallest absolute Gasteiger partial charge is 0.406 e. The molecular formula is C17H26F3IN4O. The van der Waals surface area contributed by atoms with Gasteiger partial charge in [0.15, 0.2) is 5.96 Å². The van der Waals surface area contributed by atoms with E-state index in [2.05, 4.69) is 26.9 Å². The number of aliphatic imine (C=N–C) groups is 1. The highest BCUT2D eigenvalue weighted by molar-refractivity contribution is 14.0. The van der Waals surface area contributed by atoms with Crippen molar-refractivity contribution in [2.45, 2.75) is 45.0 Å². The van der Waals surface area contributed by atoms with Gasteiger partial charge in [-0.25, -0.2) is 0 Å². The molecule has 1 fully saturated rings. The molecule has 148 valence electrons. The van der Waals surface area contributed by atoms with Crippen molar-refractivity contribution in [3.05, 3.63) is 24.3 Å². The molecule has 2 rings (SSSR count). The maximum absolute atomic E-state index is 12.1. The van der Waals surface area contributed by atoms with Crippen LogP contribution in [0.3, 0.4) is 0 Å². The van der Waals surface area contributed by atoms with Crippen molar-refractivity contribution in [1.82, 2.24) is 4.90 Å². The van der Waals surface area contributed by atoms with Gasteiger partial charge in [0.25, 0.3) is 0 Å². The number of rotatable bonds is 6. The fraction of sp³-hybridized carbons (Fsp3) is 0.588. The highest BCUT2D eigenvalue weighted by atomic mass is 127. The van der Waals surface area contributed by atoms with Crippen molar-refractivity contribution in [3.8, 4) is 5.75 Å². The van der Waals surface area contributed by atoms with E-state index in [0.717, 1.165) is 19.5 Å². The van der Waals surface area contributed by atoms with Crippen LogP contribution in [0.15, 0.2) is 29.3 Å². The summed E-state index contributed by atoms with van der Waals surface area (Å²) in [5, 5.41) is 2.86. The topological polar surface area (TPSA) is 62.9 Å². The van der Waals surface area contributed by atoms with Crippen LogP contribution in [-0.2, 0) is 0 Å². The summed E-state index contributed by atoms with van der Waals surface area (Å²) < 4.78 is 40.1. The highest BCUT2D eigenvalue weighted by Gasteiger charge is 2.30. The van der Waals surface area contributed by atoms with Gasteiger partial charge in [0.1, 0.15) is 5.75 Å². The highest BCUT2D eigenvalue weighted by Crippen LogP contribution is 2.23. The molecule has 1 aromatic rings. The van der Waals surface area contributed by atoms with E-state index in [1.807, 2.05) is 0 Å². The van der Waals surface area contributed by atoms with Gasteiger partial charge in [-0.2, -0.15) is 0 Å². The number of benzene rings is 1. The molecular weight excluding hydrogens is 460 g/mol. The van der Waals surface area contributed by atoms with Crippen LogP contribution < -0.4 is 15.8 Å². The lowest BCUT2D eigenvalue weighted by Gasteiger charge is -2.32. The number of alkyl halides is 3. The second-order valence-electron chi connectivity index (χ2n) is 6.20. The molecule has 1 aromatic carbocycles. The molecule has 9 heteroatoms. The van der Waals surface area contributed by atoms with Crippen LogP contribution in [0.1, 0.15) is 32.6 Å². The Bertz CT molecular complexity index is 560. The molecule has 1 aliphatic heterocycles. The summed E-state index contributed by atoms with van der Waals surface area (Å²) in [5.74, 6) is -0.0285. The van der Waals surface area contributed by atoms with Crippen molar-refractivity contribution in [2.75, 3.05) is 25.0 Å². The lowest BCUT2D eigenvalue weighted by molar-refractivity contribution is -0.274. The lowest BCUT2D eigenvalue weighted by Crippen LogP contribution is -2.37. The Morgan fingerprint density at radius 2 is 1.85 bits per heavy atom. The summed E-state index contributed by atoms with van der Waals surface area (Å²) >= 11 is 0. The van der Waals surface area contributed by atoms with Crippen LogP contribution in [0.25, 0.3) is 0 Å². The second-order valence-corrected chi connectivity index (χ2v) is 6.20. The molecule has 0 amide bonds. The number of hydrogen-bond acceptors (Lipinski definition) is 3. The molecule has 1 aliphatic rings. The van der Waals surface area contributed by atoms with Crippen LogP contribution in [0.4, 0.5) is 18.9 Å². The number of anilines is 1. The molecule has 1 heterocycles. The van der Waals surface area contributed by atoms with Gasteiger partial charge in [-0.15, -0.1) is 37.1 Å². The van der Waals surface area contributed by atoms with Gasteiger partial charge in [-0.1, -0.05) is 6.42 Å². The van der Waals surface area contributed by atoms with Crippen molar-refractivity contribution in [2.24, 2.45) is 10.7 Å². The maximum Gasteiger partial charge on any atom is 0.573 e. The first kappa shape index (κ1) is 22.8. The number of hydrogen-bond donors (Lipinski definition) is 2. The minimum atomic E-state index is -4.69. The lowest BCUT2D eigenvalue weighted by atomic mass is 10.1. The summed E-state index contributed by atoms with van der Waals surface area (Å²) in [6, 6.07) is 5.83. The van der Waals surface area contributed by atoms with Gasteiger partial charge in [0.05, 0.1) is 0 Å². The van der Waals surface area contributed by atoms with Crippen LogP contribution in [0, 0.1) is 0 Å². The van der Waals surface area contributed by atoms with E-state index in [4.69, 9.17) is 5.73 Å². The number of halogens is 4. The van der Waals surface area contributed by atoms with E-state index < -0.39 is 6.36 Å². The molecule has 3 N–H and O–H groups in total. The Morgan fingerprint density at radius 1 is 1.23 bits per heavy atom. The zero-order valence-electron chi connectivity index (χ0n) is 14.8. The first-order valence-electron chi connectivity index (χ1n) is 8.50. The number of guanidine groups is 1. The third kappa shape index (κ3) is 8.43. The van der Waals surface area contributed by atoms with Gasteiger partial charge >= 0.3 is 6.36 Å². The fourth-order valence-electron chi connectivity index (χ4n) is 2.84. The van der Waals surface area contributed by atoms with Crippen molar-refractivity contribution >= 4 is 35.6 Å². The van der Waals surface area contributed by atoms with E-state index in [1.165, 1.54) is 43.5 Å². The predicted molar refractivity (Wildman–Crippen MR) is 108 cm³/mol. The number of ether oxygens (including phenoxy) is 1. The SMILES string of the molecule is CC(CCN=C(N)Nc1ccc(OC(F)(F)F)cc1)N1CCCCC1.I. The average Bonchev–Trinajstić information content (AvgIpc) is 2.56. The summed E-state index contributed by atoms with van der Waals surface area (Å²) in [6.45, 7) is 5.09. The Hall–Kier alpha value is -1.23. The van der Waals surface area contributed by atoms with Gasteiger partial charge in [-0.3, -0.25) is 4.99 Å². The summed E-state index contributed by atoms with van der Waals surface area (Å²) in [6.07, 6.45) is 0.0446. The fourth-order valence-corrected chi connectivity index (χ4v) is 2.84. The summed E-state index contributed by atoms with van der Waals surface area (Å²) in [4.78, 5) is 6.76. The second kappa shape index (κ2) is 10.8. The molecule has 0 bridgehead atoms. The van der Waals surface area contributed by atoms with Crippen LogP contribution >= 0.6 is 24.0 Å². The van der Waals surface area contributed by atoms with Crippen molar-refractivity contribution < 1.29 is 17.9 Å². The summed E-state index contributed by atoms with van der Waals surface area (Å²) in [5.41, 5.74) is 6.38. The summed E-state index contributed by atoms with van der Waals surface area (Å²) in [7, 11) is 0. The number of likely N-dealkylation sites (tertiary alicyclic amines) is 1. The minimum Gasteiger partial charge on any atom is -0.406 e. The largest absolute Gasteiger partial charge is 0.573 e. The Balaban J connectivity index is 0.00000338. The van der Waals surface area contributed by atoms with Gasteiger partial charge in [0.2, 0.25) is 0 Å². The Labute approximate surface area is 169 Å². The maximum atomic E-state index is 12.1. The molecule has 0 aromatic heterocycles. The molecule has 0 saturated carbocycles. The number of nitrogens with zero attached hydrogens (tertiary/aromatic N) is 2. The Morgan fingerprint density at radius 3 is 2.42 bits per heavy atom. The van der Waals surface area contributed by atoms with Crippen LogP contribution in [-0.4, -0.2) is 42.9 Å². The normalized spacial score (nSPS) is 17.3. The standard InChI is InChI=1S/C17H25F3N4O.HI/c1-13(24-11-3-2-4-12-24)9-10-22-16(21)23-14-5-7-15(8-6-14)25-17(18,19)20;/h5-8,13H,2-4,9-12H2,1H3,(H3,21,22,23);1H. The van der Waals surface area contributed by atoms with E-state index in [1.54, 1.807) is 0 Å².